The van der Waals surface area contributed by atoms with Crippen molar-refractivity contribution < 1.29 is 90.1 Å². The van der Waals surface area contributed by atoms with Crippen molar-refractivity contribution >= 4 is 99.1 Å². The number of carbonyl (C=O) groups is 5. The summed E-state index contributed by atoms with van der Waals surface area (Å²) in [5, 5.41) is -1.80. The first-order chi connectivity index (χ1) is 46.2. The van der Waals surface area contributed by atoms with Gasteiger partial charge in [-0.2, -0.15) is 17.0 Å². The third-order valence-electron chi connectivity index (χ3n) is 15.3. The monoisotopic (exact) mass is 1500 g/mol. The SMILES string of the molecule is C.C=S(=O)(O)O.CC(C)[C@H](CC(=O)OC(C)(C)C)C(=O)OCC[C@H](CC(=O)[C@@H]1SCCN1S(=O)(=O)c1ccc(-c2ccccc2)cc1)c1ccc(F)cc1.CC(C)[C@H](N)C(=O)OCC[C@H](CC(=O)[C@@H]1SCCN1S(=O)(=O)c1ccc(-c2ccccc2)cc1)c1ccc(F)cc1.CS(=O)(=O)O. The molecule has 0 spiro atoms. The van der Waals surface area contributed by atoms with E-state index in [0.29, 0.717) is 35.3 Å². The van der Waals surface area contributed by atoms with E-state index in [1.165, 1.54) is 56.4 Å². The van der Waals surface area contributed by atoms with E-state index in [1.54, 1.807) is 93.6 Å². The number of sulfonamides is 2. The first-order valence-electron chi connectivity index (χ1n) is 31.4. The van der Waals surface area contributed by atoms with Gasteiger partial charge in [-0.3, -0.25) is 37.6 Å². The molecule has 0 aliphatic carbocycles. The number of carbonyl (C=O) groups excluding carboxylic acids is 5. The molecule has 0 unspecified atom stereocenters. The largest absolute Gasteiger partial charge is 0.465 e. The molecule has 2 aliphatic heterocycles. The van der Waals surface area contributed by atoms with Crippen molar-refractivity contribution in [3.63, 3.8) is 0 Å². The van der Waals surface area contributed by atoms with Crippen LogP contribution in [0.25, 0.3) is 22.3 Å². The molecule has 2 fully saturated rings. The highest BCUT2D eigenvalue weighted by Crippen LogP contribution is 2.38. The van der Waals surface area contributed by atoms with E-state index >= 15 is 0 Å². The number of rotatable bonds is 26. The van der Waals surface area contributed by atoms with Crippen LogP contribution in [-0.2, 0) is 78.4 Å². The van der Waals surface area contributed by atoms with Gasteiger partial charge in [-0.25, -0.2) is 29.8 Å². The van der Waals surface area contributed by atoms with Gasteiger partial charge < -0.3 is 19.9 Å². The second kappa shape index (κ2) is 39.1. The quantitative estimate of drug-likeness (QED) is 0.0170. The molecule has 0 saturated carbocycles. The Kier molecular flexibility index (Phi) is 33.5. The lowest BCUT2D eigenvalue weighted by atomic mass is 9.90. The fourth-order valence-corrected chi connectivity index (χ4v) is 16.6. The number of halogens is 2. The summed E-state index contributed by atoms with van der Waals surface area (Å²) in [6, 6.07) is 43.4. The average Bonchev–Trinajstić information content (AvgIpc) is 1.52. The molecule has 29 heteroatoms. The summed E-state index contributed by atoms with van der Waals surface area (Å²) >= 11 is 2.56. The van der Waals surface area contributed by atoms with Gasteiger partial charge in [0.2, 0.25) is 20.0 Å². The molecular formula is C71H91F2N3O18S6. The minimum Gasteiger partial charge on any atom is -0.465 e. The molecule has 6 aromatic carbocycles. The van der Waals surface area contributed by atoms with Crippen LogP contribution in [0.4, 0.5) is 8.78 Å². The van der Waals surface area contributed by atoms with Gasteiger partial charge in [0.05, 0.1) is 41.6 Å². The normalized spacial score (nSPS) is 16.3. The number of esters is 3. The third-order valence-corrected chi connectivity index (χ3v) is 21.8. The Hall–Kier alpha value is -6.74. The highest BCUT2D eigenvalue weighted by molar-refractivity contribution is 8.02. The van der Waals surface area contributed by atoms with Crippen molar-refractivity contribution in [2.75, 3.05) is 44.1 Å². The topological polar surface area (TPSA) is 326 Å². The second-order valence-corrected chi connectivity index (χ2v) is 33.8. The smallest absolute Gasteiger partial charge is 0.323 e. The summed E-state index contributed by atoms with van der Waals surface area (Å²) in [5.74, 6) is -1.41. The number of Topliss-reactive ketones (excluding diaryl/α,β-unsaturated/α-hetero) is 2. The minimum atomic E-state index is -3.97. The van der Waals surface area contributed by atoms with Gasteiger partial charge in [0, 0.05) is 43.3 Å². The lowest BCUT2D eigenvalue weighted by molar-refractivity contribution is -0.163. The van der Waals surface area contributed by atoms with Crippen LogP contribution in [0.1, 0.15) is 111 Å². The molecule has 100 heavy (non-hydrogen) atoms. The van der Waals surface area contributed by atoms with Crippen molar-refractivity contribution in [1.82, 2.24) is 8.61 Å². The predicted molar refractivity (Wildman–Crippen MR) is 389 cm³/mol. The van der Waals surface area contributed by atoms with Crippen molar-refractivity contribution in [3.05, 3.63) is 180 Å². The molecule has 2 saturated heterocycles. The van der Waals surface area contributed by atoms with Gasteiger partial charge in [-0.1, -0.05) is 144 Å². The Balaban J connectivity index is 0.000000373. The Morgan fingerprint density at radius 3 is 1.20 bits per heavy atom. The van der Waals surface area contributed by atoms with E-state index in [2.05, 4.69) is 5.87 Å². The van der Waals surface area contributed by atoms with Crippen molar-refractivity contribution in [3.8, 4) is 22.3 Å². The minimum absolute atomic E-state index is 0. The standard InChI is InChI=1S/C37H44FNO7S2.C31H35FN2O5S2.2CH4O3S.CH4/c1-25(2)32(24-34(41)46-37(3,4)5)36(42)45-21-19-29(28-11-15-30(38)16-12-28)23-33(40)35-39(20-22-47-35)48(43,44)31-17-13-27(14-18-31)26-9-7-6-8-10-26;1-21(2)29(33)31(36)39-18-16-25(24-8-12-26(32)13-9-24)20-28(35)30-34(17-19-40-30)41(37,38)27-14-10-23(11-15-27)22-6-4-3-5-7-22;2*1-5(2,3)4;/h6-18,25,29,32,35H,19-24H2,1-5H3;3-15,21,25,29-30H,16-20,33H2,1-2H3;1H3,(H,2,3,4);1H2,(H2,2,3,4);1H4/t29-,32+,35+;25-,29+,30+;;;/m11.../s1. The van der Waals surface area contributed by atoms with Crippen LogP contribution in [0.2, 0.25) is 0 Å². The number of thioether (sulfide) groups is 2. The number of ketones is 2. The molecule has 6 aromatic rings. The molecule has 548 valence electrons. The summed E-state index contributed by atoms with van der Waals surface area (Å²) < 4.78 is 151. The molecule has 2 aliphatic rings. The second-order valence-electron chi connectivity index (χ2n) is 25.0. The lowest BCUT2D eigenvalue weighted by Gasteiger charge is -2.25. The van der Waals surface area contributed by atoms with Crippen LogP contribution >= 0.6 is 23.5 Å². The molecular weight excluding hydrogens is 1410 g/mol. The van der Waals surface area contributed by atoms with E-state index < -0.39 is 110 Å². The van der Waals surface area contributed by atoms with Crippen LogP contribution < -0.4 is 5.73 Å². The maximum absolute atomic E-state index is 13.8. The molecule has 0 radical (unpaired) electrons. The molecule has 5 N–H and O–H groups in total. The van der Waals surface area contributed by atoms with E-state index in [1.807, 2.05) is 88.4 Å². The average molecular weight is 1500 g/mol. The van der Waals surface area contributed by atoms with Crippen molar-refractivity contribution in [2.24, 2.45) is 23.5 Å². The number of ether oxygens (including phenoxy) is 3. The molecule has 6 atom stereocenters. The van der Waals surface area contributed by atoms with Gasteiger partial charge in [0.15, 0.2) is 21.6 Å². The summed E-state index contributed by atoms with van der Waals surface area (Å²) in [4.78, 5) is 65.3. The Morgan fingerprint density at radius 2 is 0.880 bits per heavy atom. The molecule has 0 bridgehead atoms. The molecule has 21 nitrogen and oxygen atoms in total. The molecule has 0 aromatic heterocycles. The Labute approximate surface area is 596 Å². The molecule has 8 rings (SSSR count). The number of hydrogen-bond donors (Lipinski definition) is 4. The van der Waals surface area contributed by atoms with Crippen LogP contribution in [0.5, 0.6) is 0 Å². The van der Waals surface area contributed by atoms with E-state index in [0.717, 1.165) is 22.3 Å². The zero-order chi connectivity index (χ0) is 73.6. The fourth-order valence-electron chi connectivity index (χ4n) is 10.2. The summed E-state index contributed by atoms with van der Waals surface area (Å²) in [5.41, 5.74) is 10.3. The van der Waals surface area contributed by atoms with Crippen LogP contribution in [0.3, 0.4) is 0 Å². The lowest BCUT2D eigenvalue weighted by Crippen LogP contribution is -2.40. The highest BCUT2D eigenvalue weighted by Gasteiger charge is 2.42. The number of nitrogens with zero attached hydrogens (tertiary/aromatic N) is 2. The van der Waals surface area contributed by atoms with Crippen LogP contribution in [0.15, 0.2) is 168 Å². The summed E-state index contributed by atoms with van der Waals surface area (Å²) in [6.45, 7) is 13.0. The Morgan fingerprint density at radius 1 is 0.550 bits per heavy atom. The number of benzene rings is 6. The van der Waals surface area contributed by atoms with E-state index in [4.69, 9.17) is 33.6 Å². The van der Waals surface area contributed by atoms with Gasteiger partial charge in [0.25, 0.3) is 10.1 Å². The highest BCUT2D eigenvalue weighted by atomic mass is 32.2. The van der Waals surface area contributed by atoms with Crippen molar-refractivity contribution in [2.45, 2.75) is 132 Å². The predicted octanol–water partition coefficient (Wildman–Crippen LogP) is 12.2. The zero-order valence-electron chi connectivity index (χ0n) is 56.3. The summed E-state index contributed by atoms with van der Waals surface area (Å²) in [7, 11) is -15.2. The zero-order valence-corrected chi connectivity index (χ0v) is 61.2. The van der Waals surface area contributed by atoms with Crippen LogP contribution in [0, 0.1) is 29.4 Å². The maximum Gasteiger partial charge on any atom is 0.323 e. The summed E-state index contributed by atoms with van der Waals surface area (Å²) in [6.07, 6.45) is 1.12. The van der Waals surface area contributed by atoms with Crippen molar-refractivity contribution in [1.29, 1.82) is 0 Å². The van der Waals surface area contributed by atoms with Gasteiger partial charge >= 0.3 is 17.9 Å². The maximum atomic E-state index is 13.8. The number of nitrogens with two attached hydrogens (primary N) is 1. The fraction of sp³-hybridized carbons (Fsp3) is 0.408. The third kappa shape index (κ3) is 28.2. The first-order valence-corrected chi connectivity index (χ1v) is 39.9. The van der Waals surface area contributed by atoms with Gasteiger partial charge in [-0.15, -0.1) is 23.5 Å². The Bertz CT molecular complexity index is 4050. The number of hydrogen-bond acceptors (Lipinski definition) is 18. The first kappa shape index (κ1) is 85.7. The van der Waals surface area contributed by atoms with Gasteiger partial charge in [-0.05, 0) is 139 Å². The molecule has 2 heterocycles. The van der Waals surface area contributed by atoms with Crippen LogP contribution in [-0.4, -0.2) is 154 Å². The van der Waals surface area contributed by atoms with E-state index in [-0.39, 0.29) is 92.6 Å². The van der Waals surface area contributed by atoms with Gasteiger partial charge in [0.1, 0.15) is 34.0 Å². The van der Waals surface area contributed by atoms with E-state index in [9.17, 15) is 62.2 Å². The molecule has 0 amide bonds.